The summed E-state index contributed by atoms with van der Waals surface area (Å²) in [6.45, 7) is 2.27. The molecule has 0 atom stereocenters. The van der Waals surface area contributed by atoms with Gasteiger partial charge in [-0.3, -0.25) is 0 Å². The summed E-state index contributed by atoms with van der Waals surface area (Å²) < 4.78 is 0. The molecule has 14 heavy (non-hydrogen) atoms. The zero-order chi connectivity index (χ0) is 9.64. The van der Waals surface area contributed by atoms with E-state index in [0.717, 1.165) is 13.0 Å². The Bertz CT molecular complexity index is 292. The molecule has 1 aliphatic heterocycles. The minimum atomic E-state index is 1.08. The molecule has 1 aliphatic rings. The topological polar surface area (TPSA) is 12.0 Å². The van der Waals surface area contributed by atoms with Crippen molar-refractivity contribution in [3.63, 3.8) is 0 Å². The van der Waals surface area contributed by atoms with Gasteiger partial charge < -0.3 is 5.32 Å². The Morgan fingerprint density at radius 1 is 1.21 bits per heavy atom. The highest BCUT2D eigenvalue weighted by Gasteiger charge is 2.02. The molecule has 1 aromatic carbocycles. The molecule has 0 unspecified atom stereocenters. The van der Waals surface area contributed by atoms with Crippen LogP contribution in [0.3, 0.4) is 0 Å². The smallest absolute Gasteiger partial charge is 0.0164 e. The number of piperidine rings is 1. The van der Waals surface area contributed by atoms with Crippen molar-refractivity contribution in [1.82, 2.24) is 5.32 Å². The lowest BCUT2D eigenvalue weighted by Gasteiger charge is -2.15. The predicted octanol–water partition coefficient (Wildman–Crippen LogP) is 2.54. The summed E-state index contributed by atoms with van der Waals surface area (Å²) in [6.07, 6.45) is 6.03. The highest BCUT2D eigenvalue weighted by molar-refractivity contribution is 5.20. The molecular formula is C13H17N. The van der Waals surface area contributed by atoms with Crippen LogP contribution in [0.5, 0.6) is 0 Å². The van der Waals surface area contributed by atoms with E-state index in [4.69, 9.17) is 0 Å². The molecule has 0 aromatic heterocycles. The van der Waals surface area contributed by atoms with Crippen molar-refractivity contribution < 1.29 is 0 Å². The molecule has 1 heteroatoms. The highest BCUT2D eigenvalue weighted by atomic mass is 14.9. The van der Waals surface area contributed by atoms with Gasteiger partial charge in [0.1, 0.15) is 0 Å². The fraction of sp³-hybridized carbons (Fsp3) is 0.385. The molecule has 1 aromatic rings. The normalized spacial score (nSPS) is 19.9. The van der Waals surface area contributed by atoms with Crippen LogP contribution in [0.2, 0.25) is 0 Å². The van der Waals surface area contributed by atoms with Crippen molar-refractivity contribution in [3.8, 4) is 0 Å². The Kier molecular flexibility index (Phi) is 3.36. The van der Waals surface area contributed by atoms with E-state index in [1.807, 2.05) is 0 Å². The lowest BCUT2D eigenvalue weighted by molar-refractivity contribution is 0.608. The quantitative estimate of drug-likeness (QED) is 0.702. The predicted molar refractivity (Wildman–Crippen MR) is 60.3 cm³/mol. The third-order valence-corrected chi connectivity index (χ3v) is 2.67. The van der Waals surface area contributed by atoms with Gasteiger partial charge in [-0.25, -0.2) is 0 Å². The summed E-state index contributed by atoms with van der Waals surface area (Å²) >= 11 is 0. The van der Waals surface area contributed by atoms with Crippen LogP contribution in [0, 0.1) is 0 Å². The SMILES string of the molecule is C(Cc1ccccc1)=C1CCCNC1. The second-order valence-electron chi connectivity index (χ2n) is 3.83. The zero-order valence-corrected chi connectivity index (χ0v) is 8.50. The van der Waals surface area contributed by atoms with Crippen LogP contribution in [0.25, 0.3) is 0 Å². The molecule has 1 saturated heterocycles. The first-order chi connectivity index (χ1) is 6.95. The summed E-state index contributed by atoms with van der Waals surface area (Å²) in [5, 5.41) is 3.40. The first-order valence-electron chi connectivity index (χ1n) is 5.38. The van der Waals surface area contributed by atoms with Gasteiger partial charge in [0.2, 0.25) is 0 Å². The third kappa shape index (κ3) is 2.71. The first kappa shape index (κ1) is 9.47. The first-order valence-corrected chi connectivity index (χ1v) is 5.38. The number of benzene rings is 1. The molecule has 1 nitrogen and oxygen atoms in total. The molecule has 1 fully saturated rings. The Balaban J connectivity index is 1.92. The molecular weight excluding hydrogens is 170 g/mol. The molecule has 0 spiro atoms. The lowest BCUT2D eigenvalue weighted by Crippen LogP contribution is -2.23. The standard InChI is InChI=1S/C13H17N/c1-2-5-12(6-3-1)8-9-13-7-4-10-14-11-13/h1-3,5-6,9,14H,4,7-8,10-11H2. The van der Waals surface area contributed by atoms with Gasteiger partial charge in [-0.15, -0.1) is 0 Å². The van der Waals surface area contributed by atoms with Gasteiger partial charge in [0.25, 0.3) is 0 Å². The van der Waals surface area contributed by atoms with Gasteiger partial charge in [-0.1, -0.05) is 42.0 Å². The summed E-state index contributed by atoms with van der Waals surface area (Å²) in [4.78, 5) is 0. The Morgan fingerprint density at radius 3 is 2.79 bits per heavy atom. The summed E-state index contributed by atoms with van der Waals surface area (Å²) in [5.41, 5.74) is 2.98. The van der Waals surface area contributed by atoms with Crippen molar-refractivity contribution in [2.45, 2.75) is 19.3 Å². The van der Waals surface area contributed by atoms with Crippen molar-refractivity contribution >= 4 is 0 Å². The fourth-order valence-electron chi connectivity index (χ4n) is 1.83. The number of hydrogen-bond acceptors (Lipinski definition) is 1. The van der Waals surface area contributed by atoms with Gasteiger partial charge in [-0.2, -0.15) is 0 Å². The molecule has 0 amide bonds. The lowest BCUT2D eigenvalue weighted by atomic mass is 10.0. The zero-order valence-electron chi connectivity index (χ0n) is 8.50. The summed E-state index contributed by atoms with van der Waals surface area (Å²) in [6, 6.07) is 10.7. The van der Waals surface area contributed by atoms with E-state index in [-0.39, 0.29) is 0 Å². The Morgan fingerprint density at radius 2 is 2.07 bits per heavy atom. The van der Waals surface area contributed by atoms with E-state index in [0.29, 0.717) is 0 Å². The van der Waals surface area contributed by atoms with Crippen LogP contribution in [-0.4, -0.2) is 13.1 Å². The van der Waals surface area contributed by atoms with Crippen LogP contribution in [0.4, 0.5) is 0 Å². The molecule has 1 N–H and O–H groups in total. The molecule has 0 saturated carbocycles. The monoisotopic (exact) mass is 187 g/mol. The van der Waals surface area contributed by atoms with Crippen LogP contribution in [0.1, 0.15) is 18.4 Å². The highest BCUT2D eigenvalue weighted by Crippen LogP contribution is 2.10. The summed E-state index contributed by atoms with van der Waals surface area (Å²) in [7, 11) is 0. The van der Waals surface area contributed by atoms with Crippen LogP contribution in [-0.2, 0) is 6.42 Å². The van der Waals surface area contributed by atoms with Crippen LogP contribution in [0.15, 0.2) is 42.0 Å². The van der Waals surface area contributed by atoms with Crippen molar-refractivity contribution in [2.24, 2.45) is 0 Å². The van der Waals surface area contributed by atoms with Gasteiger partial charge in [0.05, 0.1) is 0 Å². The summed E-state index contributed by atoms with van der Waals surface area (Å²) in [5.74, 6) is 0. The van der Waals surface area contributed by atoms with Crippen LogP contribution < -0.4 is 5.32 Å². The number of rotatable bonds is 2. The second kappa shape index (κ2) is 4.97. The van der Waals surface area contributed by atoms with E-state index in [2.05, 4.69) is 41.7 Å². The largest absolute Gasteiger partial charge is 0.313 e. The van der Waals surface area contributed by atoms with Crippen molar-refractivity contribution in [2.75, 3.05) is 13.1 Å². The van der Waals surface area contributed by atoms with Gasteiger partial charge in [0.15, 0.2) is 0 Å². The maximum atomic E-state index is 3.40. The van der Waals surface area contributed by atoms with E-state index < -0.39 is 0 Å². The third-order valence-electron chi connectivity index (χ3n) is 2.67. The molecule has 1 heterocycles. The van der Waals surface area contributed by atoms with E-state index >= 15 is 0 Å². The minimum Gasteiger partial charge on any atom is -0.313 e. The van der Waals surface area contributed by atoms with E-state index in [9.17, 15) is 0 Å². The Labute approximate surface area is 85.8 Å². The molecule has 74 valence electrons. The van der Waals surface area contributed by atoms with E-state index in [1.54, 1.807) is 5.57 Å². The molecule has 2 rings (SSSR count). The van der Waals surface area contributed by atoms with Crippen LogP contribution >= 0.6 is 0 Å². The van der Waals surface area contributed by atoms with Gasteiger partial charge in [-0.05, 0) is 31.4 Å². The number of nitrogens with one attached hydrogen (secondary N) is 1. The maximum Gasteiger partial charge on any atom is 0.0164 e. The minimum absolute atomic E-state index is 1.08. The average molecular weight is 187 g/mol. The fourth-order valence-corrected chi connectivity index (χ4v) is 1.83. The molecule has 0 radical (unpaired) electrons. The van der Waals surface area contributed by atoms with Crippen molar-refractivity contribution in [3.05, 3.63) is 47.5 Å². The van der Waals surface area contributed by atoms with Crippen molar-refractivity contribution in [1.29, 1.82) is 0 Å². The number of allylic oxidation sites excluding steroid dienone is 1. The molecule has 0 aliphatic carbocycles. The van der Waals surface area contributed by atoms with E-state index in [1.165, 1.54) is 24.9 Å². The average Bonchev–Trinajstić information content (AvgIpc) is 2.29. The second-order valence-corrected chi connectivity index (χ2v) is 3.83. The Hall–Kier alpha value is -1.08. The van der Waals surface area contributed by atoms with Gasteiger partial charge >= 0.3 is 0 Å². The molecule has 0 bridgehead atoms. The maximum absolute atomic E-state index is 3.40. The number of hydrogen-bond donors (Lipinski definition) is 1. The van der Waals surface area contributed by atoms with Gasteiger partial charge in [0, 0.05) is 6.54 Å².